The van der Waals surface area contributed by atoms with Crippen LogP contribution in [0.4, 0.5) is 0 Å². The van der Waals surface area contributed by atoms with Crippen molar-refractivity contribution >= 4 is 0 Å². The van der Waals surface area contributed by atoms with Gasteiger partial charge in [-0.3, -0.25) is 0 Å². The van der Waals surface area contributed by atoms with E-state index in [2.05, 4.69) is 0 Å². The number of methoxy groups -OCH3 is 1. The van der Waals surface area contributed by atoms with Crippen LogP contribution in [0, 0.1) is 0 Å². The van der Waals surface area contributed by atoms with Crippen LogP contribution in [0.1, 0.15) is 25.5 Å². The van der Waals surface area contributed by atoms with Gasteiger partial charge in [-0.15, -0.1) is 0 Å². The Bertz CT molecular complexity index is 336. The molecule has 0 aliphatic carbocycles. The lowest BCUT2D eigenvalue weighted by Crippen LogP contribution is -2.18. The topological polar surface area (TPSA) is 58.9 Å². The van der Waals surface area contributed by atoms with Gasteiger partial charge in [0, 0.05) is 12.2 Å². The highest BCUT2D eigenvalue weighted by Crippen LogP contribution is 2.32. The van der Waals surface area contributed by atoms with E-state index in [9.17, 15) is 10.2 Å². The van der Waals surface area contributed by atoms with Crippen LogP contribution in [-0.2, 0) is 4.74 Å². The van der Waals surface area contributed by atoms with Crippen LogP contribution < -0.4 is 4.74 Å². The van der Waals surface area contributed by atoms with Gasteiger partial charge in [-0.05, 0) is 32.0 Å². The smallest absolute Gasteiger partial charge is 0.121 e. The van der Waals surface area contributed by atoms with E-state index in [0.717, 1.165) is 0 Å². The number of aliphatic hydroxyl groups is 1. The standard InChI is InChI=1S/C12H18O4/c1-4-16-12(8(2)13)10-7-9(15-3)5-6-11(10)14/h5-8,12-14H,4H2,1-3H3/t8-,12-/m0/s1. The minimum atomic E-state index is -0.696. The summed E-state index contributed by atoms with van der Waals surface area (Å²) in [5.74, 6) is 0.721. The van der Waals surface area contributed by atoms with Gasteiger partial charge in [-0.1, -0.05) is 0 Å². The fraction of sp³-hybridized carbons (Fsp3) is 0.500. The van der Waals surface area contributed by atoms with Crippen LogP contribution in [0.25, 0.3) is 0 Å². The molecule has 90 valence electrons. The number of ether oxygens (including phenoxy) is 2. The second kappa shape index (κ2) is 5.72. The molecule has 16 heavy (non-hydrogen) atoms. The quantitative estimate of drug-likeness (QED) is 0.804. The second-order valence-electron chi connectivity index (χ2n) is 3.54. The van der Waals surface area contributed by atoms with Crippen LogP contribution in [0.2, 0.25) is 0 Å². The van der Waals surface area contributed by atoms with Crippen molar-refractivity contribution in [2.45, 2.75) is 26.1 Å². The minimum absolute atomic E-state index is 0.0974. The molecule has 0 amide bonds. The van der Waals surface area contributed by atoms with Crippen molar-refractivity contribution < 1.29 is 19.7 Å². The summed E-state index contributed by atoms with van der Waals surface area (Å²) >= 11 is 0. The predicted octanol–water partition coefficient (Wildman–Crippen LogP) is 1.86. The van der Waals surface area contributed by atoms with E-state index in [-0.39, 0.29) is 5.75 Å². The van der Waals surface area contributed by atoms with E-state index in [0.29, 0.717) is 17.9 Å². The summed E-state index contributed by atoms with van der Waals surface area (Å²) in [6.45, 7) is 3.93. The Kier molecular flexibility index (Phi) is 4.58. The number of hydrogen-bond donors (Lipinski definition) is 2. The maximum atomic E-state index is 9.73. The molecule has 0 aromatic heterocycles. The Balaban J connectivity index is 3.06. The van der Waals surface area contributed by atoms with Crippen molar-refractivity contribution in [3.8, 4) is 11.5 Å². The van der Waals surface area contributed by atoms with E-state index < -0.39 is 12.2 Å². The Labute approximate surface area is 95.4 Å². The molecule has 0 fully saturated rings. The molecule has 4 heteroatoms. The molecule has 0 bridgehead atoms. The van der Waals surface area contributed by atoms with Crippen LogP contribution >= 0.6 is 0 Å². The molecule has 1 aromatic carbocycles. The first-order valence-corrected chi connectivity index (χ1v) is 5.26. The van der Waals surface area contributed by atoms with Crippen molar-refractivity contribution in [1.82, 2.24) is 0 Å². The van der Waals surface area contributed by atoms with Gasteiger partial charge >= 0.3 is 0 Å². The lowest BCUT2D eigenvalue weighted by atomic mass is 10.0. The largest absolute Gasteiger partial charge is 0.508 e. The molecule has 1 rings (SSSR count). The van der Waals surface area contributed by atoms with Crippen LogP contribution in [0.15, 0.2) is 18.2 Å². The summed E-state index contributed by atoms with van der Waals surface area (Å²) in [5.41, 5.74) is 0.538. The van der Waals surface area contributed by atoms with E-state index in [1.165, 1.54) is 6.07 Å². The number of aromatic hydroxyl groups is 1. The first-order valence-electron chi connectivity index (χ1n) is 5.26. The van der Waals surface area contributed by atoms with Gasteiger partial charge in [0.2, 0.25) is 0 Å². The van der Waals surface area contributed by atoms with E-state index in [1.807, 2.05) is 6.92 Å². The van der Waals surface area contributed by atoms with Crippen molar-refractivity contribution in [2.75, 3.05) is 13.7 Å². The third-order valence-corrected chi connectivity index (χ3v) is 2.33. The number of rotatable bonds is 5. The molecule has 0 radical (unpaired) electrons. The maximum absolute atomic E-state index is 9.73. The third-order valence-electron chi connectivity index (χ3n) is 2.33. The van der Waals surface area contributed by atoms with Gasteiger partial charge < -0.3 is 19.7 Å². The average molecular weight is 226 g/mol. The molecule has 0 spiro atoms. The highest BCUT2D eigenvalue weighted by Gasteiger charge is 2.21. The zero-order valence-electron chi connectivity index (χ0n) is 9.80. The maximum Gasteiger partial charge on any atom is 0.121 e. The first-order chi connectivity index (χ1) is 7.60. The van der Waals surface area contributed by atoms with Gasteiger partial charge in [-0.25, -0.2) is 0 Å². The molecule has 0 saturated heterocycles. The molecule has 0 unspecified atom stereocenters. The molecule has 2 atom stereocenters. The zero-order valence-corrected chi connectivity index (χ0v) is 9.80. The number of phenols is 1. The Morgan fingerprint density at radius 3 is 2.56 bits per heavy atom. The second-order valence-corrected chi connectivity index (χ2v) is 3.54. The number of hydrogen-bond acceptors (Lipinski definition) is 4. The van der Waals surface area contributed by atoms with E-state index in [4.69, 9.17) is 9.47 Å². The summed E-state index contributed by atoms with van der Waals surface area (Å²) in [4.78, 5) is 0. The van der Waals surface area contributed by atoms with Crippen molar-refractivity contribution in [3.05, 3.63) is 23.8 Å². The SMILES string of the molecule is CCO[C@H](c1cc(OC)ccc1O)[C@H](C)O. The molecular weight excluding hydrogens is 208 g/mol. The average Bonchev–Trinajstić information content (AvgIpc) is 2.27. The summed E-state index contributed by atoms with van der Waals surface area (Å²) in [5, 5.41) is 19.3. The normalized spacial score (nSPS) is 14.5. The summed E-state index contributed by atoms with van der Waals surface area (Å²) in [7, 11) is 1.55. The van der Waals surface area contributed by atoms with Crippen LogP contribution in [-0.4, -0.2) is 30.0 Å². The number of benzene rings is 1. The van der Waals surface area contributed by atoms with Gasteiger partial charge in [0.25, 0.3) is 0 Å². The van der Waals surface area contributed by atoms with Crippen molar-refractivity contribution in [3.63, 3.8) is 0 Å². The Morgan fingerprint density at radius 1 is 1.38 bits per heavy atom. The molecule has 1 aromatic rings. The summed E-state index contributed by atoms with van der Waals surface area (Å²) < 4.78 is 10.5. The Hall–Kier alpha value is -1.26. The highest BCUT2D eigenvalue weighted by molar-refractivity contribution is 5.41. The zero-order chi connectivity index (χ0) is 12.1. The fourth-order valence-electron chi connectivity index (χ4n) is 1.56. The van der Waals surface area contributed by atoms with Gasteiger partial charge in [0.1, 0.15) is 17.6 Å². The third kappa shape index (κ3) is 2.87. The van der Waals surface area contributed by atoms with Crippen LogP contribution in [0.5, 0.6) is 11.5 Å². The molecule has 0 aliphatic heterocycles. The van der Waals surface area contributed by atoms with Crippen molar-refractivity contribution in [1.29, 1.82) is 0 Å². The lowest BCUT2D eigenvalue weighted by Gasteiger charge is -2.21. The molecule has 0 heterocycles. The van der Waals surface area contributed by atoms with Gasteiger partial charge in [-0.2, -0.15) is 0 Å². The van der Waals surface area contributed by atoms with E-state index >= 15 is 0 Å². The first kappa shape index (κ1) is 12.8. The molecule has 0 saturated carbocycles. The molecular formula is C12H18O4. The predicted molar refractivity (Wildman–Crippen MR) is 60.7 cm³/mol. The number of phenolic OH excluding ortho intramolecular Hbond substituents is 1. The molecule has 2 N–H and O–H groups in total. The molecule has 0 aliphatic rings. The fourth-order valence-corrected chi connectivity index (χ4v) is 1.56. The van der Waals surface area contributed by atoms with Crippen molar-refractivity contribution in [2.24, 2.45) is 0 Å². The van der Waals surface area contributed by atoms with E-state index in [1.54, 1.807) is 26.2 Å². The van der Waals surface area contributed by atoms with Gasteiger partial charge in [0.05, 0.1) is 13.2 Å². The van der Waals surface area contributed by atoms with Crippen LogP contribution in [0.3, 0.4) is 0 Å². The lowest BCUT2D eigenvalue weighted by molar-refractivity contribution is -0.0271. The molecule has 4 nitrogen and oxygen atoms in total. The summed E-state index contributed by atoms with van der Waals surface area (Å²) in [6.07, 6.45) is -1.24. The summed E-state index contributed by atoms with van der Waals surface area (Å²) in [6, 6.07) is 4.86. The minimum Gasteiger partial charge on any atom is -0.508 e. The van der Waals surface area contributed by atoms with Gasteiger partial charge in [0.15, 0.2) is 0 Å². The highest BCUT2D eigenvalue weighted by atomic mass is 16.5. The Morgan fingerprint density at radius 2 is 2.06 bits per heavy atom. The number of aliphatic hydroxyl groups excluding tert-OH is 1. The monoisotopic (exact) mass is 226 g/mol.